The molecule has 0 radical (unpaired) electrons. The van der Waals surface area contributed by atoms with Gasteiger partial charge < -0.3 is 15.8 Å². The first-order valence-corrected chi connectivity index (χ1v) is 5.87. The highest BCUT2D eigenvalue weighted by molar-refractivity contribution is 5.80. The predicted octanol–water partition coefficient (Wildman–Crippen LogP) is 0.799. The molecule has 3 N–H and O–H groups in total. The minimum atomic E-state index is -0.308. The number of unbranched alkanes of at least 4 members (excludes halogenated alkanes) is 2. The lowest BCUT2D eigenvalue weighted by atomic mass is 10.2. The first kappa shape index (κ1) is 12.5. The quantitative estimate of drug-likeness (QED) is 0.558. The van der Waals surface area contributed by atoms with Crippen LogP contribution < -0.4 is 11.1 Å². The van der Waals surface area contributed by atoms with Gasteiger partial charge in [-0.15, -0.1) is 0 Å². The van der Waals surface area contributed by atoms with Crippen molar-refractivity contribution in [1.29, 1.82) is 0 Å². The lowest BCUT2D eigenvalue weighted by molar-refractivity contribution is -0.121. The molecule has 1 saturated carbocycles. The van der Waals surface area contributed by atoms with Crippen molar-refractivity contribution in [2.45, 2.75) is 51.1 Å². The Morgan fingerprint density at radius 1 is 1.53 bits per heavy atom. The Bertz CT molecular complexity index is 193. The summed E-state index contributed by atoms with van der Waals surface area (Å²) in [6.07, 6.45) is 5.73. The molecule has 1 aliphatic rings. The predicted molar refractivity (Wildman–Crippen MR) is 59.5 cm³/mol. The van der Waals surface area contributed by atoms with E-state index in [1.807, 2.05) is 0 Å². The van der Waals surface area contributed by atoms with Crippen LogP contribution in [0.5, 0.6) is 0 Å². The Balaban J connectivity index is 2.05. The SMILES string of the molecule is CCCCCOCC(NC1CC1)C(N)=O. The van der Waals surface area contributed by atoms with E-state index in [2.05, 4.69) is 12.2 Å². The number of amides is 1. The Morgan fingerprint density at radius 3 is 2.80 bits per heavy atom. The van der Waals surface area contributed by atoms with Crippen LogP contribution in [0, 0.1) is 0 Å². The fourth-order valence-corrected chi connectivity index (χ4v) is 1.40. The molecule has 4 nitrogen and oxygen atoms in total. The van der Waals surface area contributed by atoms with Gasteiger partial charge in [-0.25, -0.2) is 0 Å². The molecule has 0 aromatic rings. The Morgan fingerprint density at radius 2 is 2.27 bits per heavy atom. The van der Waals surface area contributed by atoms with Crippen molar-refractivity contribution in [1.82, 2.24) is 5.32 Å². The zero-order chi connectivity index (χ0) is 11.1. The van der Waals surface area contributed by atoms with Gasteiger partial charge in [0.15, 0.2) is 0 Å². The van der Waals surface area contributed by atoms with E-state index in [-0.39, 0.29) is 11.9 Å². The van der Waals surface area contributed by atoms with E-state index in [4.69, 9.17) is 10.5 Å². The molecular weight excluding hydrogens is 192 g/mol. The monoisotopic (exact) mass is 214 g/mol. The van der Waals surface area contributed by atoms with Crippen LogP contribution >= 0.6 is 0 Å². The summed E-state index contributed by atoms with van der Waals surface area (Å²) in [6, 6.07) is 0.181. The molecule has 0 spiro atoms. The zero-order valence-corrected chi connectivity index (χ0v) is 9.50. The number of nitrogens with one attached hydrogen (secondary N) is 1. The lowest BCUT2D eigenvalue weighted by Crippen LogP contribution is -2.45. The molecule has 0 aliphatic heterocycles. The summed E-state index contributed by atoms with van der Waals surface area (Å²) in [7, 11) is 0. The molecule has 0 aromatic carbocycles. The van der Waals surface area contributed by atoms with Crippen LogP contribution in [-0.2, 0) is 9.53 Å². The van der Waals surface area contributed by atoms with Gasteiger partial charge in [0.25, 0.3) is 0 Å². The van der Waals surface area contributed by atoms with Crippen LogP contribution in [0.3, 0.4) is 0 Å². The molecule has 1 amide bonds. The highest BCUT2D eigenvalue weighted by Gasteiger charge is 2.27. The highest BCUT2D eigenvalue weighted by Crippen LogP contribution is 2.19. The molecule has 1 unspecified atom stereocenters. The molecule has 0 bridgehead atoms. The summed E-state index contributed by atoms with van der Waals surface area (Å²) in [5.74, 6) is -0.308. The number of primary amides is 1. The van der Waals surface area contributed by atoms with Gasteiger partial charge in [0, 0.05) is 12.6 Å². The van der Waals surface area contributed by atoms with Crippen LogP contribution in [0.25, 0.3) is 0 Å². The maximum Gasteiger partial charge on any atom is 0.236 e. The number of hydrogen-bond acceptors (Lipinski definition) is 3. The smallest absolute Gasteiger partial charge is 0.236 e. The molecule has 1 atom stereocenters. The average Bonchev–Trinajstić information content (AvgIpc) is 2.99. The van der Waals surface area contributed by atoms with Gasteiger partial charge >= 0.3 is 0 Å². The summed E-state index contributed by atoms with van der Waals surface area (Å²) >= 11 is 0. The highest BCUT2D eigenvalue weighted by atomic mass is 16.5. The van der Waals surface area contributed by atoms with Crippen molar-refractivity contribution in [3.63, 3.8) is 0 Å². The van der Waals surface area contributed by atoms with Crippen LogP contribution in [0.2, 0.25) is 0 Å². The molecule has 4 heteroatoms. The van der Waals surface area contributed by atoms with Crippen LogP contribution in [0.1, 0.15) is 39.0 Å². The number of carbonyl (C=O) groups excluding carboxylic acids is 1. The molecule has 1 rings (SSSR count). The first-order chi connectivity index (χ1) is 7.24. The van der Waals surface area contributed by atoms with Gasteiger partial charge in [0.1, 0.15) is 6.04 Å². The van der Waals surface area contributed by atoms with E-state index < -0.39 is 0 Å². The summed E-state index contributed by atoms with van der Waals surface area (Å²) in [4.78, 5) is 11.1. The standard InChI is InChI=1S/C11H22N2O2/c1-2-3-4-7-15-8-10(11(12)14)13-9-5-6-9/h9-10,13H,2-8H2,1H3,(H2,12,14). The largest absolute Gasteiger partial charge is 0.379 e. The minimum absolute atomic E-state index is 0.306. The molecule has 0 heterocycles. The van der Waals surface area contributed by atoms with Crippen LogP contribution in [0.15, 0.2) is 0 Å². The lowest BCUT2D eigenvalue weighted by Gasteiger charge is -2.14. The summed E-state index contributed by atoms with van der Waals surface area (Å²) < 4.78 is 5.42. The van der Waals surface area contributed by atoms with Crippen molar-refractivity contribution in [3.05, 3.63) is 0 Å². The van der Waals surface area contributed by atoms with Crippen molar-refractivity contribution in [2.75, 3.05) is 13.2 Å². The van der Waals surface area contributed by atoms with Gasteiger partial charge in [-0.1, -0.05) is 19.8 Å². The topological polar surface area (TPSA) is 64.3 Å². The second-order valence-electron chi connectivity index (χ2n) is 4.18. The average molecular weight is 214 g/mol. The summed E-state index contributed by atoms with van der Waals surface area (Å²) in [5.41, 5.74) is 5.27. The third kappa shape index (κ3) is 5.74. The minimum Gasteiger partial charge on any atom is -0.379 e. The van der Waals surface area contributed by atoms with Gasteiger partial charge in [0.05, 0.1) is 6.61 Å². The Hall–Kier alpha value is -0.610. The van der Waals surface area contributed by atoms with Crippen molar-refractivity contribution in [3.8, 4) is 0 Å². The van der Waals surface area contributed by atoms with Gasteiger partial charge in [-0.3, -0.25) is 4.79 Å². The third-order valence-electron chi connectivity index (χ3n) is 2.53. The maximum atomic E-state index is 11.1. The fourth-order valence-electron chi connectivity index (χ4n) is 1.40. The first-order valence-electron chi connectivity index (χ1n) is 5.87. The molecule has 0 saturated heterocycles. The van der Waals surface area contributed by atoms with Gasteiger partial charge in [-0.05, 0) is 19.3 Å². The maximum absolute atomic E-state index is 11.1. The zero-order valence-electron chi connectivity index (χ0n) is 9.50. The van der Waals surface area contributed by atoms with E-state index in [9.17, 15) is 4.79 Å². The van der Waals surface area contributed by atoms with Crippen molar-refractivity contribution >= 4 is 5.91 Å². The Labute approximate surface area is 91.5 Å². The third-order valence-corrected chi connectivity index (χ3v) is 2.53. The second-order valence-corrected chi connectivity index (χ2v) is 4.18. The van der Waals surface area contributed by atoms with E-state index in [0.717, 1.165) is 25.9 Å². The number of carbonyl (C=O) groups is 1. The summed E-state index contributed by atoms with van der Waals surface area (Å²) in [5, 5.41) is 3.18. The molecule has 0 aromatic heterocycles. The Kier molecular flexibility index (Phi) is 5.65. The van der Waals surface area contributed by atoms with Crippen molar-refractivity contribution < 1.29 is 9.53 Å². The van der Waals surface area contributed by atoms with Crippen LogP contribution in [-0.4, -0.2) is 31.2 Å². The normalized spacial score (nSPS) is 17.7. The van der Waals surface area contributed by atoms with E-state index in [0.29, 0.717) is 12.6 Å². The molecular formula is C11H22N2O2. The number of ether oxygens (including phenoxy) is 1. The molecule has 1 aliphatic carbocycles. The number of nitrogens with two attached hydrogens (primary N) is 1. The van der Waals surface area contributed by atoms with E-state index in [1.54, 1.807) is 0 Å². The number of hydrogen-bond donors (Lipinski definition) is 2. The molecule has 15 heavy (non-hydrogen) atoms. The van der Waals surface area contributed by atoms with Crippen LogP contribution in [0.4, 0.5) is 0 Å². The number of rotatable bonds is 9. The second kappa shape index (κ2) is 6.80. The van der Waals surface area contributed by atoms with Gasteiger partial charge in [0.2, 0.25) is 5.91 Å². The molecule has 1 fully saturated rings. The molecule has 88 valence electrons. The summed E-state index contributed by atoms with van der Waals surface area (Å²) in [6.45, 7) is 3.29. The fraction of sp³-hybridized carbons (Fsp3) is 0.909. The van der Waals surface area contributed by atoms with Gasteiger partial charge in [-0.2, -0.15) is 0 Å². The van der Waals surface area contributed by atoms with E-state index >= 15 is 0 Å². The van der Waals surface area contributed by atoms with Crippen molar-refractivity contribution in [2.24, 2.45) is 5.73 Å². The van der Waals surface area contributed by atoms with E-state index in [1.165, 1.54) is 12.8 Å².